The molecule has 3 N–H and O–H groups in total. The zero-order chi connectivity index (χ0) is 20.1. The van der Waals surface area contributed by atoms with Gasteiger partial charge in [0.05, 0.1) is 11.6 Å². The number of nitrogens with zero attached hydrogens (tertiary/aromatic N) is 4. The third-order valence-electron chi connectivity index (χ3n) is 3.98. The molecule has 0 saturated carbocycles. The average molecular weight is 373 g/mol. The van der Waals surface area contributed by atoms with Crippen molar-refractivity contribution in [3.05, 3.63) is 65.0 Å². The summed E-state index contributed by atoms with van der Waals surface area (Å²) in [5, 5.41) is 17.8. The Balaban J connectivity index is 1.84. The Morgan fingerprint density at radius 3 is 2.64 bits per heavy atom. The first-order chi connectivity index (χ1) is 13.5. The van der Waals surface area contributed by atoms with E-state index in [4.69, 9.17) is 5.26 Å². The quantitative estimate of drug-likeness (QED) is 0.628. The van der Waals surface area contributed by atoms with Gasteiger partial charge in [-0.2, -0.15) is 10.2 Å². The van der Waals surface area contributed by atoms with Crippen LogP contribution in [-0.2, 0) is 0 Å². The van der Waals surface area contributed by atoms with Crippen LogP contribution in [0.15, 0.2) is 42.6 Å². The molecule has 0 unspecified atom stereocenters. The van der Waals surface area contributed by atoms with Crippen LogP contribution in [0.4, 0.5) is 23.3 Å². The number of rotatable bonds is 5. The summed E-state index contributed by atoms with van der Waals surface area (Å²) < 4.78 is 0. The molecule has 0 fully saturated rings. The summed E-state index contributed by atoms with van der Waals surface area (Å²) in [6, 6.07) is 12.4. The van der Waals surface area contributed by atoms with Crippen LogP contribution in [0.5, 0.6) is 0 Å². The Morgan fingerprint density at radius 2 is 1.89 bits per heavy atom. The van der Waals surface area contributed by atoms with Crippen LogP contribution in [0.3, 0.4) is 0 Å². The van der Waals surface area contributed by atoms with Gasteiger partial charge in [0, 0.05) is 36.3 Å². The summed E-state index contributed by atoms with van der Waals surface area (Å²) in [6.07, 6.45) is 1.48. The second-order valence-corrected chi connectivity index (χ2v) is 6.12. The van der Waals surface area contributed by atoms with E-state index in [0.29, 0.717) is 34.4 Å². The highest BCUT2D eigenvalue weighted by molar-refractivity contribution is 6.05. The first-order valence-corrected chi connectivity index (χ1v) is 8.57. The van der Waals surface area contributed by atoms with Crippen LogP contribution in [0.25, 0.3) is 0 Å². The first kappa shape index (κ1) is 18.8. The molecular formula is C20H19N7O. The Kier molecular flexibility index (Phi) is 5.46. The molecule has 0 bridgehead atoms. The lowest BCUT2D eigenvalue weighted by Crippen LogP contribution is -2.15. The minimum absolute atomic E-state index is 0.315. The van der Waals surface area contributed by atoms with Gasteiger partial charge < -0.3 is 16.0 Å². The average Bonchev–Trinajstić information content (AvgIpc) is 2.69. The number of carbonyl (C=O) groups is 1. The lowest BCUT2D eigenvalue weighted by molar-refractivity contribution is 0.102. The van der Waals surface area contributed by atoms with E-state index in [2.05, 4.69) is 30.9 Å². The number of hydrogen-bond acceptors (Lipinski definition) is 7. The molecule has 0 radical (unpaired) electrons. The van der Waals surface area contributed by atoms with Crippen molar-refractivity contribution in [3.63, 3.8) is 0 Å². The lowest BCUT2D eigenvalue weighted by Gasteiger charge is -2.11. The number of benzene rings is 1. The molecule has 140 valence electrons. The van der Waals surface area contributed by atoms with E-state index >= 15 is 0 Å². The number of aromatic nitrogens is 3. The van der Waals surface area contributed by atoms with Crippen molar-refractivity contribution in [2.24, 2.45) is 0 Å². The topological polar surface area (TPSA) is 116 Å². The van der Waals surface area contributed by atoms with Gasteiger partial charge in [0.1, 0.15) is 11.6 Å². The lowest BCUT2D eigenvalue weighted by atomic mass is 10.1. The predicted octanol–water partition coefficient (Wildman–Crippen LogP) is 3.40. The second kappa shape index (κ2) is 8.14. The van der Waals surface area contributed by atoms with Gasteiger partial charge >= 0.3 is 0 Å². The van der Waals surface area contributed by atoms with Crippen LogP contribution >= 0.6 is 0 Å². The number of aryl methyl sites for hydroxylation is 2. The van der Waals surface area contributed by atoms with Gasteiger partial charge in [-0.25, -0.2) is 9.97 Å². The predicted molar refractivity (Wildman–Crippen MR) is 108 cm³/mol. The second-order valence-electron chi connectivity index (χ2n) is 6.12. The molecule has 0 saturated heterocycles. The van der Waals surface area contributed by atoms with Crippen LogP contribution in [0, 0.1) is 25.2 Å². The maximum Gasteiger partial charge on any atom is 0.257 e. The van der Waals surface area contributed by atoms with E-state index in [-0.39, 0.29) is 5.91 Å². The highest BCUT2D eigenvalue weighted by Crippen LogP contribution is 2.20. The van der Waals surface area contributed by atoms with E-state index in [1.165, 1.54) is 12.3 Å². The summed E-state index contributed by atoms with van der Waals surface area (Å²) >= 11 is 0. The molecule has 28 heavy (non-hydrogen) atoms. The van der Waals surface area contributed by atoms with Crippen LogP contribution in [0.1, 0.15) is 27.2 Å². The summed E-state index contributed by atoms with van der Waals surface area (Å²) in [7, 11) is 1.79. The molecule has 0 aliphatic rings. The molecule has 8 nitrogen and oxygen atoms in total. The smallest absolute Gasteiger partial charge is 0.257 e. The molecule has 8 heteroatoms. The number of amides is 1. The van der Waals surface area contributed by atoms with Crippen LogP contribution in [0.2, 0.25) is 0 Å². The number of hydrogen-bond donors (Lipinski definition) is 3. The minimum Gasteiger partial charge on any atom is -0.373 e. The van der Waals surface area contributed by atoms with E-state index in [0.717, 1.165) is 11.3 Å². The van der Waals surface area contributed by atoms with Gasteiger partial charge in [-0.15, -0.1) is 0 Å². The number of carbonyl (C=O) groups excluding carboxylic acids is 1. The summed E-state index contributed by atoms with van der Waals surface area (Å²) in [5.74, 6) is 1.14. The monoisotopic (exact) mass is 373 g/mol. The summed E-state index contributed by atoms with van der Waals surface area (Å²) in [4.78, 5) is 25.5. The summed E-state index contributed by atoms with van der Waals surface area (Å²) in [6.45, 7) is 3.73. The highest BCUT2D eigenvalue weighted by atomic mass is 16.1. The van der Waals surface area contributed by atoms with Crippen molar-refractivity contribution in [2.45, 2.75) is 13.8 Å². The fourth-order valence-electron chi connectivity index (χ4n) is 2.58. The Labute approximate surface area is 162 Å². The van der Waals surface area contributed by atoms with Gasteiger partial charge in [0.25, 0.3) is 5.91 Å². The fourth-order valence-corrected chi connectivity index (χ4v) is 2.58. The molecule has 2 heterocycles. The van der Waals surface area contributed by atoms with Crippen molar-refractivity contribution in [2.75, 3.05) is 23.0 Å². The molecule has 2 aromatic heterocycles. The third kappa shape index (κ3) is 4.40. The number of nitrogens with one attached hydrogen (secondary N) is 3. The van der Waals surface area contributed by atoms with Crippen LogP contribution < -0.4 is 16.0 Å². The molecule has 0 spiro atoms. The molecule has 0 atom stereocenters. The highest BCUT2D eigenvalue weighted by Gasteiger charge is 2.12. The van der Waals surface area contributed by atoms with Crippen molar-refractivity contribution in [1.29, 1.82) is 5.26 Å². The van der Waals surface area contributed by atoms with Gasteiger partial charge in [0.2, 0.25) is 5.95 Å². The normalized spacial score (nSPS) is 10.1. The van der Waals surface area contributed by atoms with Crippen molar-refractivity contribution in [1.82, 2.24) is 15.0 Å². The van der Waals surface area contributed by atoms with E-state index < -0.39 is 0 Å². The first-order valence-electron chi connectivity index (χ1n) is 8.57. The number of nitriles is 1. The summed E-state index contributed by atoms with van der Waals surface area (Å²) in [5.41, 5.74) is 3.21. The van der Waals surface area contributed by atoms with Gasteiger partial charge in [-0.1, -0.05) is 6.07 Å². The van der Waals surface area contributed by atoms with Crippen molar-refractivity contribution >= 4 is 29.2 Å². The molecule has 1 amide bonds. The molecule has 1 aromatic carbocycles. The largest absolute Gasteiger partial charge is 0.373 e. The standard InChI is InChI=1S/C20H19N7O/c1-12-4-5-15(25-20-24-13(2)8-17(22-3)27-20)10-16(12)19(28)26-18-9-14(11-21)6-7-23-18/h4-10H,1-3H3,(H,23,26,28)(H2,22,24,25,27). The zero-order valence-corrected chi connectivity index (χ0v) is 15.7. The molecule has 0 aliphatic carbocycles. The molecule has 0 aliphatic heterocycles. The van der Waals surface area contributed by atoms with E-state index in [1.54, 1.807) is 19.2 Å². The van der Waals surface area contributed by atoms with E-state index in [9.17, 15) is 4.79 Å². The number of anilines is 4. The Morgan fingerprint density at radius 1 is 1.07 bits per heavy atom. The molecule has 3 aromatic rings. The van der Waals surface area contributed by atoms with Gasteiger partial charge in [-0.05, 0) is 43.7 Å². The minimum atomic E-state index is -0.315. The number of pyridine rings is 1. The van der Waals surface area contributed by atoms with Gasteiger partial charge in [0.15, 0.2) is 0 Å². The van der Waals surface area contributed by atoms with Crippen molar-refractivity contribution < 1.29 is 4.79 Å². The van der Waals surface area contributed by atoms with Crippen molar-refractivity contribution in [3.8, 4) is 6.07 Å². The Bertz CT molecular complexity index is 1070. The van der Waals surface area contributed by atoms with E-state index in [1.807, 2.05) is 38.1 Å². The maximum absolute atomic E-state index is 12.7. The third-order valence-corrected chi connectivity index (χ3v) is 3.98. The molecule has 3 rings (SSSR count). The SMILES string of the molecule is CNc1cc(C)nc(Nc2ccc(C)c(C(=O)Nc3cc(C#N)ccn3)c2)n1. The van der Waals surface area contributed by atoms with Crippen LogP contribution in [-0.4, -0.2) is 27.9 Å². The zero-order valence-electron chi connectivity index (χ0n) is 15.7. The maximum atomic E-state index is 12.7. The molecular weight excluding hydrogens is 354 g/mol. The van der Waals surface area contributed by atoms with Gasteiger partial charge in [-0.3, -0.25) is 4.79 Å². The fraction of sp³-hybridized carbons (Fsp3) is 0.150. The Hall–Kier alpha value is -3.99.